The maximum Gasteiger partial charge on any atom is 0.266 e. The molecule has 0 saturated heterocycles. The Labute approximate surface area is 133 Å². The van der Waals surface area contributed by atoms with Gasteiger partial charge in [-0.15, -0.1) is 0 Å². The van der Waals surface area contributed by atoms with Crippen LogP contribution in [0.3, 0.4) is 0 Å². The van der Waals surface area contributed by atoms with Gasteiger partial charge in [0.05, 0.1) is 16.5 Å². The highest BCUT2D eigenvalue weighted by molar-refractivity contribution is 7.98. The van der Waals surface area contributed by atoms with E-state index in [-0.39, 0.29) is 16.5 Å². The number of para-hydroxylation sites is 1. The van der Waals surface area contributed by atoms with Crippen molar-refractivity contribution in [3.05, 3.63) is 58.1 Å². The molecule has 0 bridgehead atoms. The van der Waals surface area contributed by atoms with Gasteiger partial charge in [-0.05, 0) is 18.4 Å². The molecule has 0 atom stereocenters. The lowest BCUT2D eigenvalue weighted by Crippen LogP contribution is -2.22. The van der Waals surface area contributed by atoms with Gasteiger partial charge < -0.3 is 0 Å². The second kappa shape index (κ2) is 5.88. The first-order chi connectivity index (χ1) is 11.1. The number of fused-ring (bicyclic) bond motifs is 1. The van der Waals surface area contributed by atoms with E-state index in [1.54, 1.807) is 6.26 Å². The summed E-state index contributed by atoms with van der Waals surface area (Å²) in [7, 11) is 0. The second-order valence-electron chi connectivity index (χ2n) is 4.57. The highest BCUT2D eigenvalue weighted by atomic mass is 32.2. The minimum Gasteiger partial charge on any atom is -0.298 e. The summed E-state index contributed by atoms with van der Waals surface area (Å²) in [5.41, 5.74) is -1.06. The molecule has 0 aliphatic carbocycles. The molecular weight excluding hydrogens is 324 g/mol. The van der Waals surface area contributed by atoms with Gasteiger partial charge in [0, 0.05) is 12.4 Å². The molecule has 8 heteroatoms. The topological polar surface area (TPSA) is 64.8 Å². The van der Waals surface area contributed by atoms with Crippen LogP contribution in [0.15, 0.2) is 40.5 Å². The average Bonchev–Trinajstić information content (AvgIpc) is 2.56. The molecule has 0 saturated carbocycles. The van der Waals surface area contributed by atoms with E-state index in [4.69, 9.17) is 0 Å². The summed E-state index contributed by atoms with van der Waals surface area (Å²) in [4.78, 5) is 31.9. The molecule has 0 N–H and O–H groups in total. The normalized spacial score (nSPS) is 10.9. The number of carbonyl (C=O) groups excluding carboxylic acids is 1. The number of carbonyl (C=O) groups is 1. The van der Waals surface area contributed by atoms with Crippen LogP contribution >= 0.6 is 11.8 Å². The summed E-state index contributed by atoms with van der Waals surface area (Å²) in [5, 5.41) is 0.393. The Morgan fingerprint density at radius 2 is 1.96 bits per heavy atom. The molecule has 2 aromatic heterocycles. The van der Waals surface area contributed by atoms with E-state index < -0.39 is 22.9 Å². The zero-order chi connectivity index (χ0) is 16.6. The first-order valence-corrected chi connectivity index (χ1v) is 7.65. The molecule has 0 spiro atoms. The van der Waals surface area contributed by atoms with Gasteiger partial charge in [-0.1, -0.05) is 17.8 Å². The number of hydrogen-bond acceptors (Lipinski definition) is 5. The van der Waals surface area contributed by atoms with E-state index in [1.165, 1.54) is 24.0 Å². The molecule has 116 valence electrons. The lowest BCUT2D eigenvalue weighted by atomic mass is 10.2. The van der Waals surface area contributed by atoms with Crippen molar-refractivity contribution in [2.75, 3.05) is 6.26 Å². The summed E-state index contributed by atoms with van der Waals surface area (Å²) in [6.07, 6.45) is 4.56. The van der Waals surface area contributed by atoms with E-state index >= 15 is 0 Å². The summed E-state index contributed by atoms with van der Waals surface area (Å²) < 4.78 is 28.7. The number of aromatic nitrogens is 3. The number of halogens is 2. The van der Waals surface area contributed by atoms with Gasteiger partial charge in [0.25, 0.3) is 5.56 Å². The number of benzene rings is 1. The molecule has 0 radical (unpaired) electrons. The lowest BCUT2D eigenvalue weighted by molar-refractivity contribution is 0.112. The zero-order valence-electron chi connectivity index (χ0n) is 11.8. The molecule has 5 nitrogen and oxygen atoms in total. The fraction of sp³-hybridized carbons (Fsp3) is 0.0667. The zero-order valence-corrected chi connectivity index (χ0v) is 12.6. The van der Waals surface area contributed by atoms with Crippen LogP contribution in [0.2, 0.25) is 0 Å². The number of nitrogens with zero attached hydrogens (tertiary/aromatic N) is 3. The average molecular weight is 333 g/mol. The molecular formula is C15H9F2N3O2S. The first kappa shape index (κ1) is 15.3. The van der Waals surface area contributed by atoms with Crippen LogP contribution in [0.4, 0.5) is 8.78 Å². The minimum atomic E-state index is -0.912. The Bertz CT molecular complexity index is 968. The van der Waals surface area contributed by atoms with Crippen LogP contribution in [0, 0.1) is 11.6 Å². The summed E-state index contributed by atoms with van der Waals surface area (Å²) in [5.74, 6) is -1.82. The molecule has 0 fully saturated rings. The number of rotatable bonds is 3. The van der Waals surface area contributed by atoms with Crippen molar-refractivity contribution < 1.29 is 13.6 Å². The van der Waals surface area contributed by atoms with E-state index in [9.17, 15) is 18.4 Å². The molecule has 0 unspecified atom stereocenters. The Kier molecular flexibility index (Phi) is 3.91. The quantitative estimate of drug-likeness (QED) is 0.419. The monoisotopic (exact) mass is 333 g/mol. The fourth-order valence-electron chi connectivity index (χ4n) is 2.20. The van der Waals surface area contributed by atoms with Crippen molar-refractivity contribution in [3.63, 3.8) is 0 Å². The predicted octanol–water partition coefficient (Wildman–Crippen LogP) is 2.59. The van der Waals surface area contributed by atoms with E-state index in [2.05, 4.69) is 9.97 Å². The first-order valence-electron chi connectivity index (χ1n) is 6.42. The fourth-order valence-corrected chi connectivity index (χ4v) is 2.54. The number of aldehydes is 1. The maximum atomic E-state index is 13.9. The third-order valence-electron chi connectivity index (χ3n) is 3.25. The predicted molar refractivity (Wildman–Crippen MR) is 82.2 cm³/mol. The Morgan fingerprint density at radius 3 is 2.57 bits per heavy atom. The molecule has 3 rings (SSSR count). The molecule has 0 aliphatic heterocycles. The highest BCUT2D eigenvalue weighted by Gasteiger charge is 2.17. The third-order valence-corrected chi connectivity index (χ3v) is 3.81. The minimum absolute atomic E-state index is 0.00931. The van der Waals surface area contributed by atoms with Gasteiger partial charge in [0.15, 0.2) is 11.4 Å². The van der Waals surface area contributed by atoms with Crippen molar-refractivity contribution in [2.24, 2.45) is 0 Å². The van der Waals surface area contributed by atoms with Gasteiger partial charge >= 0.3 is 0 Å². The van der Waals surface area contributed by atoms with Gasteiger partial charge in [-0.25, -0.2) is 18.7 Å². The molecule has 1 aromatic carbocycles. The van der Waals surface area contributed by atoms with Gasteiger partial charge in [0.1, 0.15) is 17.3 Å². The van der Waals surface area contributed by atoms with Crippen molar-refractivity contribution >= 4 is 29.0 Å². The second-order valence-corrected chi connectivity index (χ2v) is 5.34. The molecule has 0 amide bonds. The van der Waals surface area contributed by atoms with Crippen molar-refractivity contribution in [1.29, 1.82) is 0 Å². The van der Waals surface area contributed by atoms with E-state index in [0.29, 0.717) is 11.4 Å². The van der Waals surface area contributed by atoms with Gasteiger partial charge in [-0.2, -0.15) is 0 Å². The Balaban J connectivity index is 2.43. The van der Waals surface area contributed by atoms with Crippen molar-refractivity contribution in [1.82, 2.24) is 14.5 Å². The molecule has 23 heavy (non-hydrogen) atoms. The van der Waals surface area contributed by atoms with E-state index in [0.717, 1.165) is 22.9 Å². The molecule has 2 heterocycles. The SMILES string of the molecule is CSc1ncc2c(=O)n(-c3c(F)cccc3F)cc(C=O)c2n1. The number of thioether (sulfide) groups is 1. The number of hydrogen-bond donors (Lipinski definition) is 0. The smallest absolute Gasteiger partial charge is 0.266 e. The van der Waals surface area contributed by atoms with Crippen LogP contribution < -0.4 is 5.56 Å². The van der Waals surface area contributed by atoms with E-state index in [1.807, 2.05) is 0 Å². The van der Waals surface area contributed by atoms with Gasteiger partial charge in [0.2, 0.25) is 0 Å². The molecule has 3 aromatic rings. The lowest BCUT2D eigenvalue weighted by Gasteiger charge is -2.11. The Hall–Kier alpha value is -2.61. The maximum absolute atomic E-state index is 13.9. The molecule has 0 aliphatic rings. The standard InChI is InChI=1S/C15H9F2N3O2S/c1-23-15-18-5-9-12(19-15)8(7-21)6-20(14(9)22)13-10(16)3-2-4-11(13)17/h2-7H,1H3. The van der Waals surface area contributed by atoms with Crippen LogP contribution in [0.5, 0.6) is 0 Å². The third kappa shape index (κ3) is 2.50. The van der Waals surface area contributed by atoms with Crippen LogP contribution in [-0.4, -0.2) is 27.1 Å². The summed E-state index contributed by atoms with van der Waals surface area (Å²) >= 11 is 1.25. The largest absolute Gasteiger partial charge is 0.298 e. The van der Waals surface area contributed by atoms with Crippen LogP contribution in [0.25, 0.3) is 16.6 Å². The summed E-state index contributed by atoms with van der Waals surface area (Å²) in [6.45, 7) is 0. The van der Waals surface area contributed by atoms with Gasteiger partial charge in [-0.3, -0.25) is 14.2 Å². The number of pyridine rings is 1. The van der Waals surface area contributed by atoms with Crippen LogP contribution in [0.1, 0.15) is 10.4 Å². The van der Waals surface area contributed by atoms with Crippen LogP contribution in [-0.2, 0) is 0 Å². The van der Waals surface area contributed by atoms with Crippen molar-refractivity contribution in [3.8, 4) is 5.69 Å². The Morgan fingerprint density at radius 1 is 1.26 bits per heavy atom. The highest BCUT2D eigenvalue weighted by Crippen LogP contribution is 2.20. The summed E-state index contributed by atoms with van der Waals surface area (Å²) in [6, 6.07) is 3.25. The van der Waals surface area contributed by atoms with Crippen molar-refractivity contribution in [2.45, 2.75) is 5.16 Å².